The number of ether oxygens (including phenoxy) is 2. The number of aryl methyl sites for hydroxylation is 2. The van der Waals surface area contributed by atoms with E-state index in [2.05, 4.69) is 29.8 Å². The zero-order valence-electron chi connectivity index (χ0n) is 22.6. The molecule has 12 heteroatoms. The van der Waals surface area contributed by atoms with E-state index >= 15 is 0 Å². The highest BCUT2D eigenvalue weighted by Gasteiger charge is 2.37. The molecule has 4 heterocycles. The summed E-state index contributed by atoms with van der Waals surface area (Å²) in [6.07, 6.45) is 2.77. The molecule has 1 unspecified atom stereocenters. The largest absolute Gasteiger partial charge is 0.447 e. The minimum atomic E-state index is -3.57. The molecule has 0 bridgehead atoms. The van der Waals surface area contributed by atoms with E-state index in [-0.39, 0.29) is 37.5 Å². The minimum absolute atomic E-state index is 0.0186. The number of methoxy groups -OCH3 is 1. The summed E-state index contributed by atoms with van der Waals surface area (Å²) < 4.78 is 37.6. The molecule has 3 aliphatic rings. The zero-order chi connectivity index (χ0) is 27.7. The molecule has 2 amide bonds. The molecule has 3 saturated heterocycles. The molecule has 2 aromatic rings. The summed E-state index contributed by atoms with van der Waals surface area (Å²) in [7, 11) is -2.03. The first-order valence-electron chi connectivity index (χ1n) is 13.3. The number of carbonyl (C=O) groups excluding carboxylic acids is 2. The normalized spacial score (nSPS) is 21.0. The van der Waals surface area contributed by atoms with Crippen LogP contribution in [-0.2, 0) is 25.9 Å². The average molecular weight is 558 g/mol. The van der Waals surface area contributed by atoms with Crippen molar-refractivity contribution in [1.29, 1.82) is 0 Å². The summed E-state index contributed by atoms with van der Waals surface area (Å²) in [6, 6.07) is 6.72. The third-order valence-electron chi connectivity index (χ3n) is 7.56. The molecular weight excluding hydrogens is 522 g/mol. The molecule has 11 nitrogen and oxygen atoms in total. The molecule has 1 atom stereocenters. The number of aromatic nitrogens is 1. The lowest BCUT2D eigenvalue weighted by Gasteiger charge is -2.36. The van der Waals surface area contributed by atoms with Crippen LogP contribution >= 0.6 is 0 Å². The Kier molecular flexibility index (Phi) is 7.68. The Morgan fingerprint density at radius 1 is 1.15 bits per heavy atom. The molecule has 1 aromatic heterocycles. The molecule has 0 spiro atoms. The number of sulfonamides is 1. The highest BCUT2D eigenvalue weighted by molar-refractivity contribution is 7.93. The van der Waals surface area contributed by atoms with E-state index in [1.165, 1.54) is 14.8 Å². The Balaban J connectivity index is 1.41. The van der Waals surface area contributed by atoms with Crippen LogP contribution in [0.4, 0.5) is 22.0 Å². The van der Waals surface area contributed by atoms with Gasteiger partial charge in [-0.05, 0) is 49.1 Å². The van der Waals surface area contributed by atoms with Gasteiger partial charge in [-0.1, -0.05) is 13.0 Å². The molecule has 0 aliphatic carbocycles. The number of piperazine rings is 1. The van der Waals surface area contributed by atoms with Crippen molar-refractivity contribution in [3.63, 3.8) is 0 Å². The maximum Gasteiger partial charge on any atom is 0.414 e. The van der Waals surface area contributed by atoms with Crippen molar-refractivity contribution in [2.24, 2.45) is 0 Å². The number of amides is 2. The van der Waals surface area contributed by atoms with Crippen molar-refractivity contribution in [3.05, 3.63) is 47.2 Å². The van der Waals surface area contributed by atoms with Gasteiger partial charge in [0, 0.05) is 51.7 Å². The van der Waals surface area contributed by atoms with Gasteiger partial charge in [0.1, 0.15) is 12.4 Å². The molecule has 5 rings (SSSR count). The summed E-state index contributed by atoms with van der Waals surface area (Å²) in [6.45, 7) is 7.09. The Morgan fingerprint density at radius 3 is 2.56 bits per heavy atom. The molecule has 0 radical (unpaired) electrons. The summed E-state index contributed by atoms with van der Waals surface area (Å²) >= 11 is 0. The van der Waals surface area contributed by atoms with E-state index in [1.54, 1.807) is 30.2 Å². The second kappa shape index (κ2) is 11.0. The third-order valence-corrected chi connectivity index (χ3v) is 9.42. The number of nitrogens with zero attached hydrogens (tertiary/aromatic N) is 5. The van der Waals surface area contributed by atoms with Gasteiger partial charge in [-0.25, -0.2) is 18.2 Å². The van der Waals surface area contributed by atoms with Gasteiger partial charge in [-0.15, -0.1) is 0 Å². The number of pyridine rings is 1. The Labute approximate surface area is 229 Å². The molecule has 3 fully saturated rings. The van der Waals surface area contributed by atoms with Crippen LogP contribution in [0.5, 0.6) is 0 Å². The first kappa shape index (κ1) is 27.2. The number of benzene rings is 1. The molecule has 1 aromatic carbocycles. The van der Waals surface area contributed by atoms with Gasteiger partial charge < -0.3 is 19.3 Å². The van der Waals surface area contributed by atoms with Crippen molar-refractivity contribution in [2.75, 3.05) is 72.9 Å². The number of hydrogen-bond acceptors (Lipinski definition) is 8. The Bertz CT molecular complexity index is 1360. The topological polar surface area (TPSA) is 113 Å². The van der Waals surface area contributed by atoms with Crippen LogP contribution in [-0.4, -0.2) is 95.1 Å². The Hall–Kier alpha value is -3.38. The first-order chi connectivity index (χ1) is 18.7. The third kappa shape index (κ3) is 5.27. The lowest BCUT2D eigenvalue weighted by atomic mass is 10.1. The quantitative estimate of drug-likeness (QED) is 0.510. The number of cyclic esters (lactones) is 1. The molecular formula is C27H35N5O6S. The van der Waals surface area contributed by atoms with Gasteiger partial charge in [-0.3, -0.25) is 14.0 Å². The highest BCUT2D eigenvalue weighted by atomic mass is 32.2. The molecule has 0 N–H and O–H groups in total. The number of rotatable bonds is 7. The van der Waals surface area contributed by atoms with Gasteiger partial charge in [-0.2, -0.15) is 0 Å². The summed E-state index contributed by atoms with van der Waals surface area (Å²) in [5.74, 6) is 0.711. The van der Waals surface area contributed by atoms with Gasteiger partial charge in [0.15, 0.2) is 0 Å². The predicted molar refractivity (Wildman–Crippen MR) is 148 cm³/mol. The highest BCUT2D eigenvalue weighted by Crippen LogP contribution is 2.35. The van der Waals surface area contributed by atoms with Gasteiger partial charge in [0.2, 0.25) is 10.0 Å². The van der Waals surface area contributed by atoms with E-state index in [9.17, 15) is 18.0 Å². The lowest BCUT2D eigenvalue weighted by Crippen LogP contribution is -2.49. The van der Waals surface area contributed by atoms with Crippen LogP contribution in [0.25, 0.3) is 0 Å². The summed E-state index contributed by atoms with van der Waals surface area (Å²) in [5.41, 5.74) is 3.36. The molecule has 39 heavy (non-hydrogen) atoms. The maximum atomic E-state index is 13.8. The van der Waals surface area contributed by atoms with Crippen LogP contribution in [0.1, 0.15) is 34.8 Å². The average Bonchev–Trinajstić information content (AvgIpc) is 3.48. The van der Waals surface area contributed by atoms with Crippen molar-refractivity contribution < 1.29 is 27.5 Å². The van der Waals surface area contributed by atoms with Crippen molar-refractivity contribution in [1.82, 2.24) is 9.88 Å². The monoisotopic (exact) mass is 557 g/mol. The fourth-order valence-corrected chi connectivity index (χ4v) is 7.07. The number of anilines is 3. The predicted octanol–water partition coefficient (Wildman–Crippen LogP) is 2.43. The smallest absolute Gasteiger partial charge is 0.414 e. The second-order valence-electron chi connectivity index (χ2n) is 10.1. The second-order valence-corrected chi connectivity index (χ2v) is 12.1. The van der Waals surface area contributed by atoms with Crippen LogP contribution in [0.15, 0.2) is 30.5 Å². The van der Waals surface area contributed by atoms with Crippen LogP contribution in [0.2, 0.25) is 0 Å². The van der Waals surface area contributed by atoms with Crippen LogP contribution in [0.3, 0.4) is 0 Å². The van der Waals surface area contributed by atoms with E-state index in [1.807, 2.05) is 6.20 Å². The SMILES string of the molecule is CCc1cnc(N2CCN(C(=O)c3ccc(N4C(=O)OCC4COC)cc3N3CCCS3(=O)=O)CC2)c(C)c1. The van der Waals surface area contributed by atoms with Crippen molar-refractivity contribution in [2.45, 2.75) is 32.7 Å². The van der Waals surface area contributed by atoms with E-state index in [0.717, 1.165) is 17.8 Å². The van der Waals surface area contributed by atoms with E-state index in [0.29, 0.717) is 49.5 Å². The van der Waals surface area contributed by atoms with Crippen LogP contribution < -0.4 is 14.1 Å². The lowest BCUT2D eigenvalue weighted by molar-refractivity contribution is 0.0747. The number of hydrogen-bond donors (Lipinski definition) is 0. The van der Waals surface area contributed by atoms with Gasteiger partial charge in [0.25, 0.3) is 5.91 Å². The Morgan fingerprint density at radius 2 is 1.92 bits per heavy atom. The zero-order valence-corrected chi connectivity index (χ0v) is 23.4. The summed E-state index contributed by atoms with van der Waals surface area (Å²) in [4.78, 5) is 36.4. The van der Waals surface area contributed by atoms with E-state index in [4.69, 9.17) is 9.47 Å². The van der Waals surface area contributed by atoms with Crippen molar-refractivity contribution in [3.8, 4) is 0 Å². The molecule has 3 aliphatic heterocycles. The minimum Gasteiger partial charge on any atom is -0.447 e. The maximum absolute atomic E-state index is 13.8. The van der Waals surface area contributed by atoms with E-state index < -0.39 is 16.1 Å². The van der Waals surface area contributed by atoms with Gasteiger partial charge >= 0.3 is 6.09 Å². The molecule has 0 saturated carbocycles. The first-order valence-corrected chi connectivity index (χ1v) is 14.9. The summed E-state index contributed by atoms with van der Waals surface area (Å²) in [5, 5.41) is 0. The number of carbonyl (C=O) groups is 2. The fraction of sp³-hybridized carbons (Fsp3) is 0.519. The molecule has 210 valence electrons. The van der Waals surface area contributed by atoms with Crippen LogP contribution in [0, 0.1) is 6.92 Å². The van der Waals surface area contributed by atoms with Gasteiger partial charge in [0.05, 0.1) is 29.7 Å². The fourth-order valence-electron chi connectivity index (χ4n) is 5.50. The van der Waals surface area contributed by atoms with Crippen molar-refractivity contribution >= 4 is 39.2 Å². The standard InChI is InChI=1S/C27H35N5O6S/c1-4-20-14-19(2)25(28-16-20)29-9-11-30(12-10-29)26(33)23-7-6-21(32-22(17-37-3)18-38-27(32)34)15-24(23)31-8-5-13-39(31,35)36/h6-7,14-16,22H,4-5,8-13,17-18H2,1-3H3.